The predicted molar refractivity (Wildman–Crippen MR) is 182 cm³/mol. The van der Waals surface area contributed by atoms with Gasteiger partial charge in [-0.2, -0.15) is 0 Å². The van der Waals surface area contributed by atoms with Crippen molar-refractivity contribution >= 4 is 5.91 Å². The normalized spacial score (nSPS) is 14.8. The molecule has 4 atom stereocenters. The Hall–Kier alpha value is -1.21. The lowest BCUT2D eigenvalue weighted by Crippen LogP contribution is -2.53. The van der Waals surface area contributed by atoms with Crippen molar-refractivity contribution in [3.05, 3.63) is 24.3 Å². The van der Waals surface area contributed by atoms with E-state index in [2.05, 4.69) is 43.5 Å². The first kappa shape index (κ1) is 41.8. The molecule has 0 aromatic heterocycles. The van der Waals surface area contributed by atoms with Crippen molar-refractivity contribution < 1.29 is 25.2 Å². The van der Waals surface area contributed by atoms with Crippen LogP contribution in [-0.2, 0) is 4.79 Å². The summed E-state index contributed by atoms with van der Waals surface area (Å²) in [7, 11) is 0. The topological polar surface area (TPSA) is 110 Å². The highest BCUT2D eigenvalue weighted by Gasteiger charge is 2.28. The first-order chi connectivity index (χ1) is 21.0. The maximum Gasteiger partial charge on any atom is 0.249 e. The summed E-state index contributed by atoms with van der Waals surface area (Å²) in [5.41, 5.74) is 0. The summed E-state index contributed by atoms with van der Waals surface area (Å²) >= 11 is 0. The van der Waals surface area contributed by atoms with Gasteiger partial charge < -0.3 is 25.7 Å². The van der Waals surface area contributed by atoms with Gasteiger partial charge in [-0.05, 0) is 64.2 Å². The monoisotopic (exact) mass is 610 g/mol. The molecule has 1 amide bonds. The van der Waals surface area contributed by atoms with E-state index in [-0.39, 0.29) is 0 Å². The zero-order chi connectivity index (χ0) is 31.8. The smallest absolute Gasteiger partial charge is 0.249 e. The summed E-state index contributed by atoms with van der Waals surface area (Å²) in [5.74, 6) is -0.602. The van der Waals surface area contributed by atoms with Crippen molar-refractivity contribution in [3.63, 3.8) is 0 Å². The number of aliphatic hydroxyl groups is 4. The van der Waals surface area contributed by atoms with Gasteiger partial charge in [0.2, 0.25) is 5.91 Å². The lowest BCUT2D eigenvalue weighted by molar-refractivity contribution is -0.132. The van der Waals surface area contributed by atoms with Crippen molar-refractivity contribution in [1.29, 1.82) is 0 Å². The van der Waals surface area contributed by atoms with Crippen LogP contribution >= 0.6 is 0 Å². The van der Waals surface area contributed by atoms with Crippen molar-refractivity contribution in [2.24, 2.45) is 0 Å². The molecule has 0 aliphatic rings. The number of nitrogens with one attached hydrogen (secondary N) is 1. The number of amides is 1. The number of carbonyl (C=O) groups is 1. The van der Waals surface area contributed by atoms with Crippen LogP contribution in [0.3, 0.4) is 0 Å². The molecule has 0 fully saturated rings. The summed E-state index contributed by atoms with van der Waals surface area (Å²) in [6, 6.07) is -0.999. The quantitative estimate of drug-likeness (QED) is 0.0388. The Labute approximate surface area is 265 Å². The molecular weight excluding hydrogens is 538 g/mol. The molecule has 43 heavy (non-hydrogen) atoms. The Balaban J connectivity index is 3.79. The van der Waals surface area contributed by atoms with Gasteiger partial charge in [0.25, 0.3) is 0 Å². The highest BCUT2D eigenvalue weighted by atomic mass is 16.3. The molecule has 4 unspecified atom stereocenters. The number of carbonyl (C=O) groups excluding carboxylic acids is 1. The van der Waals surface area contributed by atoms with Gasteiger partial charge in [-0.15, -0.1) is 0 Å². The molecule has 0 saturated heterocycles. The lowest BCUT2D eigenvalue weighted by atomic mass is 10.00. The molecule has 0 rings (SSSR count). The second kappa shape index (κ2) is 32.2. The Morgan fingerprint density at radius 3 is 1.44 bits per heavy atom. The van der Waals surface area contributed by atoms with Crippen LogP contribution in [-0.4, -0.2) is 57.3 Å². The third kappa shape index (κ3) is 26.9. The van der Waals surface area contributed by atoms with Crippen LogP contribution in [0.4, 0.5) is 0 Å². The summed E-state index contributed by atoms with van der Waals surface area (Å²) in [6.45, 7) is 3.95. The lowest BCUT2D eigenvalue weighted by Gasteiger charge is -2.27. The van der Waals surface area contributed by atoms with Gasteiger partial charge in [0.05, 0.1) is 18.8 Å². The molecule has 0 aromatic carbocycles. The van der Waals surface area contributed by atoms with Crippen LogP contribution < -0.4 is 5.32 Å². The largest absolute Gasteiger partial charge is 0.394 e. The molecule has 0 aliphatic carbocycles. The standard InChI is InChI=1S/C37H71NO5/c1-3-5-7-9-11-13-14-15-16-17-18-19-20-21-22-23-25-27-29-31-35(41)37(43)38-33(32-39)36(42)34(40)30-28-26-24-12-10-8-6-4-2/h12,18-19,24,33-36,39-42H,3-11,13-17,20-23,25-32H2,1-2H3,(H,38,43)/b19-18-,24-12+. The predicted octanol–water partition coefficient (Wildman–Crippen LogP) is 8.45. The van der Waals surface area contributed by atoms with Crippen LogP contribution in [0.1, 0.15) is 174 Å². The van der Waals surface area contributed by atoms with Crippen LogP contribution in [0.15, 0.2) is 24.3 Å². The van der Waals surface area contributed by atoms with Crippen LogP contribution in [0.25, 0.3) is 0 Å². The van der Waals surface area contributed by atoms with E-state index in [1.165, 1.54) is 103 Å². The molecule has 0 aromatic rings. The first-order valence-electron chi connectivity index (χ1n) is 18.2. The molecule has 6 heteroatoms. The van der Waals surface area contributed by atoms with E-state index in [0.29, 0.717) is 19.3 Å². The van der Waals surface area contributed by atoms with Gasteiger partial charge in [-0.1, -0.05) is 134 Å². The number of allylic oxidation sites excluding steroid dienone is 4. The highest BCUT2D eigenvalue weighted by Crippen LogP contribution is 2.14. The minimum atomic E-state index is -1.28. The van der Waals surface area contributed by atoms with Gasteiger partial charge in [-0.3, -0.25) is 4.79 Å². The zero-order valence-corrected chi connectivity index (χ0v) is 28.2. The number of hydrogen-bond acceptors (Lipinski definition) is 5. The second-order valence-electron chi connectivity index (χ2n) is 12.6. The van der Waals surface area contributed by atoms with E-state index in [1.807, 2.05) is 0 Å². The van der Waals surface area contributed by atoms with Gasteiger partial charge in [0.1, 0.15) is 12.2 Å². The fourth-order valence-corrected chi connectivity index (χ4v) is 5.40. The highest BCUT2D eigenvalue weighted by molar-refractivity contribution is 5.80. The van der Waals surface area contributed by atoms with Gasteiger partial charge in [0, 0.05) is 0 Å². The van der Waals surface area contributed by atoms with Crippen molar-refractivity contribution in [2.45, 2.75) is 199 Å². The summed E-state index contributed by atoms with van der Waals surface area (Å²) in [4.78, 5) is 12.4. The van der Waals surface area contributed by atoms with Crippen molar-refractivity contribution in [3.8, 4) is 0 Å². The summed E-state index contributed by atoms with van der Waals surface area (Å²) in [5, 5.41) is 43.2. The van der Waals surface area contributed by atoms with Gasteiger partial charge >= 0.3 is 0 Å². The van der Waals surface area contributed by atoms with E-state index in [0.717, 1.165) is 38.5 Å². The first-order valence-corrected chi connectivity index (χ1v) is 18.2. The molecule has 0 aliphatic heterocycles. The van der Waals surface area contributed by atoms with Gasteiger partial charge in [-0.25, -0.2) is 0 Å². The maximum absolute atomic E-state index is 12.4. The number of hydrogen-bond donors (Lipinski definition) is 5. The number of aliphatic hydroxyl groups excluding tert-OH is 4. The number of unbranched alkanes of at least 4 members (excludes halogenated alkanes) is 19. The Morgan fingerprint density at radius 1 is 0.558 bits per heavy atom. The van der Waals surface area contributed by atoms with Gasteiger partial charge in [0.15, 0.2) is 0 Å². The Bertz CT molecular complexity index is 653. The third-order valence-electron chi connectivity index (χ3n) is 8.38. The average Bonchev–Trinajstić information content (AvgIpc) is 3.01. The van der Waals surface area contributed by atoms with Crippen LogP contribution in [0.2, 0.25) is 0 Å². The molecule has 6 nitrogen and oxygen atoms in total. The van der Waals surface area contributed by atoms with Crippen LogP contribution in [0.5, 0.6) is 0 Å². The fourth-order valence-electron chi connectivity index (χ4n) is 5.40. The SMILES string of the molecule is CCCCC/C=C/CCCC(O)C(O)C(CO)NC(=O)C(O)CCCCCCCC/C=C\CCCCCCCCCCC. The molecule has 5 N–H and O–H groups in total. The van der Waals surface area contributed by atoms with E-state index >= 15 is 0 Å². The maximum atomic E-state index is 12.4. The second-order valence-corrected chi connectivity index (χ2v) is 12.6. The van der Waals surface area contributed by atoms with E-state index in [9.17, 15) is 25.2 Å². The van der Waals surface area contributed by atoms with E-state index in [4.69, 9.17) is 0 Å². The summed E-state index contributed by atoms with van der Waals surface area (Å²) < 4.78 is 0. The molecule has 0 bridgehead atoms. The van der Waals surface area contributed by atoms with E-state index < -0.39 is 36.9 Å². The molecule has 254 valence electrons. The molecular formula is C37H71NO5. The number of rotatable bonds is 32. The molecule has 0 spiro atoms. The van der Waals surface area contributed by atoms with Crippen molar-refractivity contribution in [1.82, 2.24) is 5.32 Å². The van der Waals surface area contributed by atoms with E-state index in [1.54, 1.807) is 0 Å². The average molecular weight is 610 g/mol. The third-order valence-corrected chi connectivity index (χ3v) is 8.38. The minimum absolute atomic E-state index is 0.356. The molecule has 0 radical (unpaired) electrons. The molecule has 0 saturated carbocycles. The zero-order valence-electron chi connectivity index (χ0n) is 28.2. The van der Waals surface area contributed by atoms with Crippen LogP contribution in [0, 0.1) is 0 Å². The Kier molecular flexibility index (Phi) is 31.3. The molecule has 0 heterocycles. The summed E-state index contributed by atoms with van der Waals surface area (Å²) in [6.07, 6.45) is 33.6. The Morgan fingerprint density at radius 2 is 0.953 bits per heavy atom. The minimum Gasteiger partial charge on any atom is -0.394 e. The van der Waals surface area contributed by atoms with Crippen molar-refractivity contribution in [2.75, 3.05) is 6.61 Å². The fraction of sp³-hybridized carbons (Fsp3) is 0.865.